The molecule has 0 saturated heterocycles. The highest BCUT2D eigenvalue weighted by molar-refractivity contribution is 5.82. The summed E-state index contributed by atoms with van der Waals surface area (Å²) in [6.07, 6.45) is 1.68. The second-order valence-corrected chi connectivity index (χ2v) is 5.92. The van der Waals surface area contributed by atoms with Crippen LogP contribution >= 0.6 is 0 Å². The van der Waals surface area contributed by atoms with Crippen molar-refractivity contribution in [3.63, 3.8) is 0 Å². The van der Waals surface area contributed by atoms with Gasteiger partial charge in [-0.3, -0.25) is 4.79 Å². The molecule has 0 spiro atoms. The molecule has 0 aliphatic heterocycles. The number of carbonyl (C=O) groups excluding carboxylic acids is 2. The first-order valence-corrected chi connectivity index (χ1v) is 7.75. The Morgan fingerprint density at radius 3 is 2.57 bits per heavy atom. The molecule has 1 atom stereocenters. The number of carbonyl (C=O) groups is 2. The van der Waals surface area contributed by atoms with Crippen LogP contribution in [0.3, 0.4) is 0 Å². The zero-order chi connectivity index (χ0) is 17.5. The van der Waals surface area contributed by atoms with Gasteiger partial charge in [0.25, 0.3) is 0 Å². The van der Waals surface area contributed by atoms with Gasteiger partial charge in [-0.05, 0) is 24.3 Å². The number of rotatable bonds is 8. The number of methoxy groups -OCH3 is 1. The molecule has 6 heteroatoms. The first kappa shape index (κ1) is 18.8. The summed E-state index contributed by atoms with van der Waals surface area (Å²) >= 11 is 0. The van der Waals surface area contributed by atoms with Crippen molar-refractivity contribution in [2.75, 3.05) is 27.2 Å². The molecule has 1 aromatic rings. The van der Waals surface area contributed by atoms with Gasteiger partial charge in [0.2, 0.25) is 5.91 Å². The highest BCUT2D eigenvalue weighted by atomic mass is 16.5. The van der Waals surface area contributed by atoms with Gasteiger partial charge in [0, 0.05) is 19.2 Å². The molecule has 128 valence electrons. The molecule has 6 nitrogen and oxygen atoms in total. The Balaban J connectivity index is 2.69. The second kappa shape index (κ2) is 8.41. The van der Waals surface area contributed by atoms with Crippen LogP contribution < -0.4 is 15.8 Å². The molecule has 0 bridgehead atoms. The van der Waals surface area contributed by atoms with Crippen LogP contribution in [-0.2, 0) is 10.2 Å². The number of ether oxygens (including phenoxy) is 1. The molecule has 0 unspecified atom stereocenters. The van der Waals surface area contributed by atoms with Crippen molar-refractivity contribution in [3.8, 4) is 5.75 Å². The maximum atomic E-state index is 11.9. The number of amides is 3. The van der Waals surface area contributed by atoms with E-state index in [1.807, 2.05) is 18.2 Å². The zero-order valence-electron chi connectivity index (χ0n) is 14.4. The number of hydrogen-bond acceptors (Lipinski definition) is 3. The molecule has 23 heavy (non-hydrogen) atoms. The number of para-hydroxylation sites is 1. The topological polar surface area (TPSA) is 84.7 Å². The summed E-state index contributed by atoms with van der Waals surface area (Å²) in [5, 5.41) is 2.82. The highest BCUT2D eigenvalue weighted by Crippen LogP contribution is 2.36. The Morgan fingerprint density at radius 1 is 1.35 bits per heavy atom. The monoisotopic (exact) mass is 321 g/mol. The summed E-state index contributed by atoms with van der Waals surface area (Å²) < 4.78 is 5.46. The standard InChI is InChI=1S/C17H27N3O3/c1-5-17(2,13-8-6-7-9-14(13)23-4)10-11-19-16(22)20(3)12-15(18)21/h6-9H,5,10-12H2,1-4H3,(H2,18,21)(H,19,22)/t17-/m1/s1. The van der Waals surface area contributed by atoms with Crippen molar-refractivity contribution in [2.45, 2.75) is 32.1 Å². The minimum atomic E-state index is -0.532. The van der Waals surface area contributed by atoms with Crippen molar-refractivity contribution >= 4 is 11.9 Å². The fourth-order valence-electron chi connectivity index (χ4n) is 2.53. The lowest BCUT2D eigenvalue weighted by Gasteiger charge is -2.31. The molecular formula is C17H27N3O3. The molecular weight excluding hydrogens is 294 g/mol. The van der Waals surface area contributed by atoms with E-state index in [1.54, 1.807) is 14.2 Å². The molecule has 0 fully saturated rings. The molecule has 0 radical (unpaired) electrons. The van der Waals surface area contributed by atoms with E-state index in [9.17, 15) is 9.59 Å². The van der Waals surface area contributed by atoms with Gasteiger partial charge in [-0.25, -0.2) is 4.79 Å². The molecule has 0 heterocycles. The number of nitrogens with two attached hydrogens (primary N) is 1. The summed E-state index contributed by atoms with van der Waals surface area (Å²) in [5.41, 5.74) is 6.10. The van der Waals surface area contributed by atoms with Gasteiger partial charge in [-0.1, -0.05) is 32.0 Å². The average molecular weight is 321 g/mol. The van der Waals surface area contributed by atoms with Gasteiger partial charge in [0.1, 0.15) is 12.3 Å². The van der Waals surface area contributed by atoms with Gasteiger partial charge in [-0.15, -0.1) is 0 Å². The number of nitrogens with one attached hydrogen (secondary N) is 1. The van der Waals surface area contributed by atoms with E-state index in [1.165, 1.54) is 4.90 Å². The highest BCUT2D eigenvalue weighted by Gasteiger charge is 2.27. The van der Waals surface area contributed by atoms with E-state index in [4.69, 9.17) is 10.5 Å². The lowest BCUT2D eigenvalue weighted by atomic mass is 9.77. The van der Waals surface area contributed by atoms with E-state index in [-0.39, 0.29) is 18.0 Å². The maximum absolute atomic E-state index is 11.9. The van der Waals surface area contributed by atoms with E-state index in [2.05, 4.69) is 25.2 Å². The second-order valence-electron chi connectivity index (χ2n) is 5.92. The maximum Gasteiger partial charge on any atom is 0.317 e. The van der Waals surface area contributed by atoms with E-state index in [0.717, 1.165) is 24.2 Å². The third-order valence-corrected chi connectivity index (χ3v) is 4.23. The first-order valence-electron chi connectivity index (χ1n) is 7.75. The fourth-order valence-corrected chi connectivity index (χ4v) is 2.53. The van der Waals surface area contributed by atoms with Crippen molar-refractivity contribution in [3.05, 3.63) is 29.8 Å². The van der Waals surface area contributed by atoms with Crippen molar-refractivity contribution < 1.29 is 14.3 Å². The van der Waals surface area contributed by atoms with Crippen LogP contribution in [0.25, 0.3) is 0 Å². The van der Waals surface area contributed by atoms with Gasteiger partial charge < -0.3 is 20.7 Å². The van der Waals surface area contributed by atoms with Crippen LogP contribution in [0.1, 0.15) is 32.3 Å². The third-order valence-electron chi connectivity index (χ3n) is 4.23. The van der Waals surface area contributed by atoms with E-state index >= 15 is 0 Å². The minimum Gasteiger partial charge on any atom is -0.496 e. The summed E-state index contributed by atoms with van der Waals surface area (Å²) in [5.74, 6) is 0.323. The predicted molar refractivity (Wildman–Crippen MR) is 90.5 cm³/mol. The van der Waals surface area contributed by atoms with Crippen molar-refractivity contribution in [2.24, 2.45) is 5.73 Å². The molecule has 3 amide bonds. The lowest BCUT2D eigenvalue weighted by molar-refractivity contribution is -0.118. The largest absolute Gasteiger partial charge is 0.496 e. The van der Waals surface area contributed by atoms with Crippen molar-refractivity contribution in [1.82, 2.24) is 10.2 Å². The van der Waals surface area contributed by atoms with Crippen LogP contribution in [0.4, 0.5) is 4.79 Å². The Labute approximate surface area is 138 Å². The molecule has 1 aromatic carbocycles. The third kappa shape index (κ3) is 5.16. The van der Waals surface area contributed by atoms with E-state index < -0.39 is 5.91 Å². The number of hydrogen-bond donors (Lipinski definition) is 2. The zero-order valence-corrected chi connectivity index (χ0v) is 14.4. The molecule has 0 aliphatic rings. The normalized spacial score (nSPS) is 13.0. The van der Waals surface area contributed by atoms with Gasteiger partial charge >= 0.3 is 6.03 Å². The number of nitrogens with zero attached hydrogens (tertiary/aromatic N) is 1. The first-order chi connectivity index (χ1) is 10.8. The van der Waals surface area contributed by atoms with Gasteiger partial charge in [0.15, 0.2) is 0 Å². The summed E-state index contributed by atoms with van der Waals surface area (Å²) in [6, 6.07) is 7.64. The molecule has 0 aliphatic carbocycles. The number of benzene rings is 1. The Hall–Kier alpha value is -2.24. The van der Waals surface area contributed by atoms with Crippen molar-refractivity contribution in [1.29, 1.82) is 0 Å². The van der Waals surface area contributed by atoms with Crippen LogP contribution in [0, 0.1) is 0 Å². The summed E-state index contributed by atoms with van der Waals surface area (Å²) in [7, 11) is 3.20. The molecule has 1 rings (SSSR count). The van der Waals surface area contributed by atoms with Gasteiger partial charge in [0.05, 0.1) is 7.11 Å². The Bertz CT molecular complexity index is 548. The summed E-state index contributed by atoms with van der Waals surface area (Å²) in [6.45, 7) is 4.69. The van der Waals surface area contributed by atoms with Crippen LogP contribution in [0.15, 0.2) is 24.3 Å². The molecule has 0 saturated carbocycles. The lowest BCUT2D eigenvalue weighted by Crippen LogP contribution is -2.43. The quantitative estimate of drug-likeness (QED) is 0.766. The number of urea groups is 1. The Kier molecular flexibility index (Phi) is 6.88. The summed E-state index contributed by atoms with van der Waals surface area (Å²) in [4.78, 5) is 24.0. The van der Waals surface area contributed by atoms with Crippen LogP contribution in [0.2, 0.25) is 0 Å². The predicted octanol–water partition coefficient (Wildman–Crippen LogP) is 1.88. The molecule has 3 N–H and O–H groups in total. The average Bonchev–Trinajstić information content (AvgIpc) is 2.53. The van der Waals surface area contributed by atoms with E-state index in [0.29, 0.717) is 6.54 Å². The SMILES string of the molecule is CC[C@](C)(CCNC(=O)N(C)CC(N)=O)c1ccccc1OC. The van der Waals surface area contributed by atoms with Gasteiger partial charge in [-0.2, -0.15) is 0 Å². The molecule has 0 aromatic heterocycles. The van der Waals surface area contributed by atoms with Crippen LogP contribution in [-0.4, -0.2) is 44.1 Å². The fraction of sp³-hybridized carbons (Fsp3) is 0.529. The smallest absolute Gasteiger partial charge is 0.317 e. The minimum absolute atomic E-state index is 0.0939. The number of primary amides is 1. The Morgan fingerprint density at radius 2 is 2.00 bits per heavy atom. The van der Waals surface area contributed by atoms with Crippen LogP contribution in [0.5, 0.6) is 5.75 Å². The number of likely N-dealkylation sites (N-methyl/N-ethyl adjacent to an activating group) is 1.